The minimum atomic E-state index is -0.333. The van der Waals surface area contributed by atoms with Gasteiger partial charge in [0.2, 0.25) is 5.91 Å². The second kappa shape index (κ2) is 18.1. The van der Waals surface area contributed by atoms with E-state index in [1.807, 2.05) is 54.6 Å². The molecule has 1 aliphatic carbocycles. The van der Waals surface area contributed by atoms with E-state index in [-0.39, 0.29) is 5.91 Å². The molecule has 0 radical (unpaired) electrons. The van der Waals surface area contributed by atoms with E-state index in [0.29, 0.717) is 5.41 Å². The molecule has 0 fully saturated rings. The van der Waals surface area contributed by atoms with E-state index in [9.17, 15) is 4.79 Å². The van der Waals surface area contributed by atoms with Gasteiger partial charge in [0.25, 0.3) is 0 Å². The minimum absolute atomic E-state index is 0.333. The Morgan fingerprint density at radius 1 is 0.706 bits per heavy atom. The standard InChI is InChI=1S/C18H14Br2O.C17H10O2.C5H12.C2H5NO.Cu.HI/c1-11-7-3-4-8-13(11)16(19)12(2)18-17(20)14-9-5-6-10-15(14)21-18;1-3-7-14-10(5-1)12-9-13-11-6-2-4-8-15(11)19-17(13)16(12)18-14;1-5(2,3)4;1-2(3)4;;/h3-10H,1-2H3;1-8H,9H2;1-4H3;1H3,(H2,3,4);;1H/q;;;;+1;/p-1/b16-12-;;;;;. The van der Waals surface area contributed by atoms with Gasteiger partial charge in [-0.15, -0.1) is 0 Å². The molecule has 0 unspecified atom stereocenters. The molecule has 5 nitrogen and oxygen atoms in total. The molecular weight excluding hydrogens is 933 g/mol. The monoisotopic (exact) mass is 971 g/mol. The average Bonchev–Trinajstić information content (AvgIpc) is 3.83. The fourth-order valence-electron chi connectivity index (χ4n) is 5.47. The molecule has 1 amide bonds. The van der Waals surface area contributed by atoms with Gasteiger partial charge in [-0.1, -0.05) is 100 Å². The number of halogens is 3. The predicted molar refractivity (Wildman–Crippen MR) is 225 cm³/mol. The SMILES string of the molecule is C/C(=C(/Br)c1ccccc1C)c1oc2ccccc2c1Br.CC(C)(C)C.CC(N)=O.[Cu][I].c1ccc2c3c(oc2c1)-c1oc2ccccc2c1C3. The summed E-state index contributed by atoms with van der Waals surface area (Å²) in [4.78, 5) is 9.22. The predicted octanol–water partition coefficient (Wildman–Crippen LogP) is 14.0. The Kier molecular flexibility index (Phi) is 14.4. The van der Waals surface area contributed by atoms with Crippen LogP contribution in [-0.4, -0.2) is 5.91 Å². The summed E-state index contributed by atoms with van der Waals surface area (Å²) in [6, 6.07) is 32.7. The average molecular weight is 974 g/mol. The third kappa shape index (κ3) is 10.1. The van der Waals surface area contributed by atoms with Crippen LogP contribution in [0.5, 0.6) is 0 Å². The van der Waals surface area contributed by atoms with Crippen LogP contribution in [0.1, 0.15) is 69.6 Å². The number of benzene rings is 4. The van der Waals surface area contributed by atoms with Crippen molar-refractivity contribution in [2.75, 3.05) is 0 Å². The molecule has 0 spiro atoms. The quantitative estimate of drug-likeness (QED) is 0.138. The van der Waals surface area contributed by atoms with E-state index in [1.165, 1.54) is 39.9 Å². The molecule has 2 N–H and O–H groups in total. The molecular formula is C42H41Br2CuINO4. The first-order valence-electron chi connectivity index (χ1n) is 16.2. The van der Waals surface area contributed by atoms with Gasteiger partial charge in [-0.05, 0) is 86.5 Å². The summed E-state index contributed by atoms with van der Waals surface area (Å²) in [5.41, 5.74) is 13.8. The van der Waals surface area contributed by atoms with Crippen molar-refractivity contribution in [2.45, 2.75) is 54.9 Å². The number of primary amides is 1. The van der Waals surface area contributed by atoms with Crippen LogP contribution in [0.3, 0.4) is 0 Å². The number of hydrogen-bond donors (Lipinski definition) is 1. The summed E-state index contributed by atoms with van der Waals surface area (Å²) >= 11 is 13.3. The van der Waals surface area contributed by atoms with Gasteiger partial charge in [-0.2, -0.15) is 0 Å². The molecule has 3 heterocycles. The van der Waals surface area contributed by atoms with Crippen LogP contribution >= 0.6 is 52.2 Å². The van der Waals surface area contributed by atoms with Crippen molar-refractivity contribution in [2.24, 2.45) is 11.1 Å². The Hall–Kier alpha value is -3.08. The largest absolute Gasteiger partial charge is 0.452 e. The molecule has 0 bridgehead atoms. The van der Waals surface area contributed by atoms with Crippen molar-refractivity contribution in [1.29, 1.82) is 0 Å². The molecule has 1 aliphatic rings. The number of furan rings is 3. The zero-order chi connectivity index (χ0) is 37.5. The summed E-state index contributed by atoms with van der Waals surface area (Å²) in [5, 5.41) is 3.50. The van der Waals surface area contributed by atoms with Crippen molar-refractivity contribution < 1.29 is 30.8 Å². The number of allylic oxidation sites excluding steroid dienone is 1. The molecule has 0 saturated carbocycles. The Bertz CT molecular complexity index is 2220. The van der Waals surface area contributed by atoms with Gasteiger partial charge < -0.3 is 19.0 Å². The maximum Gasteiger partial charge on any atom is 0.174 e. The first kappa shape index (κ1) is 40.7. The van der Waals surface area contributed by atoms with Crippen molar-refractivity contribution in [3.63, 3.8) is 0 Å². The molecule has 270 valence electrons. The molecule has 0 aliphatic heterocycles. The van der Waals surface area contributed by atoms with Crippen LogP contribution in [0.2, 0.25) is 0 Å². The Balaban J connectivity index is 0.000000179. The van der Waals surface area contributed by atoms with Gasteiger partial charge in [-0.3, -0.25) is 4.79 Å². The number of fused-ring (bicyclic) bond motifs is 8. The van der Waals surface area contributed by atoms with E-state index in [4.69, 9.17) is 13.3 Å². The number of aryl methyl sites for hydroxylation is 1. The Morgan fingerprint density at radius 2 is 1.08 bits per heavy atom. The van der Waals surface area contributed by atoms with E-state index in [2.05, 4.69) is 134 Å². The summed E-state index contributed by atoms with van der Waals surface area (Å²) in [6.45, 7) is 14.2. The molecule has 4 aromatic carbocycles. The number of carbonyl (C=O) groups excluding carboxylic acids is 1. The molecule has 3 aromatic heterocycles. The molecule has 0 atom stereocenters. The number of carbonyl (C=O) groups is 1. The van der Waals surface area contributed by atoms with Crippen molar-refractivity contribution in [3.8, 4) is 11.5 Å². The van der Waals surface area contributed by atoms with Crippen molar-refractivity contribution in [1.82, 2.24) is 0 Å². The molecule has 9 heteroatoms. The van der Waals surface area contributed by atoms with Crippen LogP contribution in [0.4, 0.5) is 0 Å². The van der Waals surface area contributed by atoms with E-state index < -0.39 is 0 Å². The van der Waals surface area contributed by atoms with Gasteiger partial charge in [0.15, 0.2) is 11.5 Å². The third-order valence-corrected chi connectivity index (χ3v) is 9.35. The number of amides is 1. The summed E-state index contributed by atoms with van der Waals surface area (Å²) < 4.78 is 20.0. The van der Waals surface area contributed by atoms with Crippen LogP contribution < -0.4 is 5.73 Å². The third-order valence-electron chi connectivity index (χ3n) is 7.54. The first-order chi connectivity index (χ1) is 24.2. The van der Waals surface area contributed by atoms with E-state index >= 15 is 0 Å². The summed E-state index contributed by atoms with van der Waals surface area (Å²) in [6.07, 6.45) is 0.901. The Labute approximate surface area is 336 Å². The molecule has 51 heavy (non-hydrogen) atoms. The zero-order valence-corrected chi connectivity index (χ0v) is 35.9. The van der Waals surface area contributed by atoms with Crippen LogP contribution in [0, 0.1) is 12.3 Å². The number of rotatable bonds is 2. The molecule has 8 rings (SSSR count). The number of hydrogen-bond acceptors (Lipinski definition) is 4. The van der Waals surface area contributed by atoms with Crippen LogP contribution in [0.15, 0.2) is 115 Å². The second-order valence-corrected chi connectivity index (χ2v) is 15.2. The summed E-state index contributed by atoms with van der Waals surface area (Å²) in [5.74, 6) is 2.35. The first-order valence-corrected chi connectivity index (χ1v) is 20.9. The molecule has 7 aromatic rings. The smallest absolute Gasteiger partial charge is 0.174 e. The minimum Gasteiger partial charge on any atom is -0.452 e. The van der Waals surface area contributed by atoms with Gasteiger partial charge in [-0.25, -0.2) is 0 Å². The van der Waals surface area contributed by atoms with E-state index in [1.54, 1.807) is 20.3 Å². The van der Waals surface area contributed by atoms with Gasteiger partial charge in [0.1, 0.15) is 22.5 Å². The van der Waals surface area contributed by atoms with Crippen molar-refractivity contribution in [3.05, 3.63) is 130 Å². The van der Waals surface area contributed by atoms with Gasteiger partial charge in [0.05, 0.1) is 4.47 Å². The maximum atomic E-state index is 9.22. The van der Waals surface area contributed by atoms with E-state index in [0.717, 1.165) is 60.4 Å². The summed E-state index contributed by atoms with van der Waals surface area (Å²) in [7, 11) is 0. The number of nitrogens with two attached hydrogens (primary N) is 1. The fraction of sp³-hybridized carbons (Fsp3) is 0.214. The van der Waals surface area contributed by atoms with Crippen LogP contribution in [-0.2, 0) is 24.0 Å². The zero-order valence-electron chi connectivity index (χ0n) is 29.6. The fourth-order valence-corrected chi connectivity index (χ4v) is 6.80. The topological polar surface area (TPSA) is 82.5 Å². The Morgan fingerprint density at radius 3 is 1.51 bits per heavy atom. The normalized spacial score (nSPS) is 11.8. The molecule has 0 saturated heterocycles. The second-order valence-electron chi connectivity index (χ2n) is 13.6. The maximum absolute atomic E-state index is 9.22. The van der Waals surface area contributed by atoms with Gasteiger partial charge in [0, 0.05) is 50.7 Å². The number of para-hydroxylation sites is 3. The van der Waals surface area contributed by atoms with Gasteiger partial charge >= 0.3 is 33.1 Å². The van der Waals surface area contributed by atoms with Crippen molar-refractivity contribution >= 4 is 101 Å². The van der Waals surface area contributed by atoms with Crippen LogP contribution in [0.25, 0.3) is 54.5 Å².